The van der Waals surface area contributed by atoms with E-state index in [-0.39, 0.29) is 0 Å². The predicted octanol–water partition coefficient (Wildman–Crippen LogP) is 1.97. The zero-order valence-electron chi connectivity index (χ0n) is 7.80. The minimum absolute atomic E-state index is 0.562. The molecule has 0 aliphatic heterocycles. The average molecular weight is 212 g/mol. The van der Waals surface area contributed by atoms with Crippen molar-refractivity contribution in [3.8, 4) is 5.75 Å². The Kier molecular flexibility index (Phi) is 3.83. The van der Waals surface area contributed by atoms with E-state index >= 15 is 0 Å². The maximum atomic E-state index is 10.5. The summed E-state index contributed by atoms with van der Waals surface area (Å²) in [5.41, 5.74) is 1.00. The molecule has 1 aromatic rings. The normalized spacial score (nSPS) is 12.1. The maximum absolute atomic E-state index is 10.5. The van der Waals surface area contributed by atoms with Crippen LogP contribution in [0.2, 0.25) is 0 Å². The van der Waals surface area contributed by atoms with E-state index in [2.05, 4.69) is 12.6 Å². The largest absolute Gasteiger partial charge is 0.479 e. The standard InChI is InChI=1S/C10H12O3S/c1-7(10(11)12)13-9-4-2-3-8(5-9)6-14/h2-5,7,14H,6H2,1H3,(H,11,12). The number of rotatable bonds is 4. The van der Waals surface area contributed by atoms with E-state index in [0.29, 0.717) is 11.5 Å². The van der Waals surface area contributed by atoms with Crippen molar-refractivity contribution < 1.29 is 14.6 Å². The molecule has 0 radical (unpaired) electrons. The van der Waals surface area contributed by atoms with Crippen LogP contribution in [-0.4, -0.2) is 17.2 Å². The number of thiol groups is 1. The van der Waals surface area contributed by atoms with E-state index in [4.69, 9.17) is 9.84 Å². The molecule has 1 N–H and O–H groups in total. The molecule has 4 heteroatoms. The van der Waals surface area contributed by atoms with Crippen molar-refractivity contribution >= 4 is 18.6 Å². The second-order valence-corrected chi connectivity index (χ2v) is 3.22. The van der Waals surface area contributed by atoms with Crippen LogP contribution >= 0.6 is 12.6 Å². The number of aliphatic carboxylic acids is 1. The van der Waals surface area contributed by atoms with E-state index < -0.39 is 12.1 Å². The molecule has 0 aliphatic rings. The summed E-state index contributed by atoms with van der Waals surface area (Å²) in [7, 11) is 0. The fourth-order valence-corrected chi connectivity index (χ4v) is 1.17. The molecular formula is C10H12O3S. The number of hydrogen-bond donors (Lipinski definition) is 2. The first-order valence-corrected chi connectivity index (χ1v) is 4.86. The maximum Gasteiger partial charge on any atom is 0.344 e. The number of ether oxygens (including phenoxy) is 1. The summed E-state index contributed by atoms with van der Waals surface area (Å²) in [5.74, 6) is 0.200. The van der Waals surface area contributed by atoms with Crippen molar-refractivity contribution in [2.24, 2.45) is 0 Å². The van der Waals surface area contributed by atoms with E-state index in [9.17, 15) is 4.79 Å². The molecule has 1 unspecified atom stereocenters. The van der Waals surface area contributed by atoms with E-state index in [1.807, 2.05) is 12.1 Å². The zero-order valence-corrected chi connectivity index (χ0v) is 8.70. The number of benzene rings is 1. The Morgan fingerprint density at radius 3 is 2.93 bits per heavy atom. The summed E-state index contributed by atoms with van der Waals surface area (Å²) in [6, 6.07) is 7.24. The van der Waals surface area contributed by atoms with E-state index in [1.165, 1.54) is 6.92 Å². The minimum atomic E-state index is -0.971. The molecule has 0 saturated heterocycles. The van der Waals surface area contributed by atoms with Crippen LogP contribution in [0.5, 0.6) is 5.75 Å². The van der Waals surface area contributed by atoms with Crippen molar-refractivity contribution in [2.45, 2.75) is 18.8 Å². The van der Waals surface area contributed by atoms with E-state index in [0.717, 1.165) is 5.56 Å². The van der Waals surface area contributed by atoms with Crippen LogP contribution in [0.15, 0.2) is 24.3 Å². The van der Waals surface area contributed by atoms with Crippen LogP contribution in [-0.2, 0) is 10.5 Å². The molecule has 1 atom stereocenters. The van der Waals surface area contributed by atoms with Gasteiger partial charge in [0.2, 0.25) is 0 Å². The van der Waals surface area contributed by atoms with Crippen molar-refractivity contribution in [3.63, 3.8) is 0 Å². The smallest absolute Gasteiger partial charge is 0.344 e. The Labute approximate surface area is 88.1 Å². The Hall–Kier alpha value is -1.16. The lowest BCUT2D eigenvalue weighted by Gasteiger charge is -2.10. The van der Waals surface area contributed by atoms with Gasteiger partial charge >= 0.3 is 5.97 Å². The van der Waals surface area contributed by atoms with Gasteiger partial charge in [-0.3, -0.25) is 0 Å². The van der Waals surface area contributed by atoms with Gasteiger partial charge in [0, 0.05) is 5.75 Å². The van der Waals surface area contributed by atoms with Gasteiger partial charge in [-0.05, 0) is 24.6 Å². The first-order chi connectivity index (χ1) is 6.63. The molecule has 0 fully saturated rings. The van der Waals surface area contributed by atoms with Crippen LogP contribution in [0.25, 0.3) is 0 Å². The van der Waals surface area contributed by atoms with Crippen LogP contribution in [0, 0.1) is 0 Å². The van der Waals surface area contributed by atoms with Gasteiger partial charge < -0.3 is 9.84 Å². The molecule has 3 nitrogen and oxygen atoms in total. The monoisotopic (exact) mass is 212 g/mol. The summed E-state index contributed by atoms with van der Waals surface area (Å²) >= 11 is 4.12. The topological polar surface area (TPSA) is 46.5 Å². The molecule has 0 heterocycles. The van der Waals surface area contributed by atoms with E-state index in [1.54, 1.807) is 12.1 Å². The average Bonchev–Trinajstić information content (AvgIpc) is 2.18. The van der Waals surface area contributed by atoms with Crippen molar-refractivity contribution in [2.75, 3.05) is 0 Å². The second kappa shape index (κ2) is 4.91. The Balaban J connectivity index is 2.71. The third-order valence-electron chi connectivity index (χ3n) is 1.74. The molecule has 0 aliphatic carbocycles. The molecule has 0 spiro atoms. The lowest BCUT2D eigenvalue weighted by Crippen LogP contribution is -2.22. The summed E-state index contributed by atoms with van der Waals surface area (Å²) in [5, 5.41) is 8.63. The molecule has 0 bridgehead atoms. The summed E-state index contributed by atoms with van der Waals surface area (Å²) in [6.45, 7) is 1.50. The number of carbonyl (C=O) groups is 1. The molecule has 0 saturated carbocycles. The lowest BCUT2D eigenvalue weighted by molar-refractivity contribution is -0.144. The fraction of sp³-hybridized carbons (Fsp3) is 0.300. The molecule has 1 aromatic carbocycles. The van der Waals surface area contributed by atoms with Gasteiger partial charge in [0.25, 0.3) is 0 Å². The van der Waals surface area contributed by atoms with Gasteiger partial charge in [0.1, 0.15) is 5.75 Å². The van der Waals surface area contributed by atoms with Crippen LogP contribution < -0.4 is 4.74 Å². The highest BCUT2D eigenvalue weighted by atomic mass is 32.1. The van der Waals surface area contributed by atoms with Gasteiger partial charge in [-0.1, -0.05) is 12.1 Å². The van der Waals surface area contributed by atoms with Gasteiger partial charge in [-0.25, -0.2) is 4.79 Å². The molecule has 76 valence electrons. The second-order valence-electron chi connectivity index (χ2n) is 2.90. The van der Waals surface area contributed by atoms with Gasteiger partial charge in [-0.15, -0.1) is 0 Å². The van der Waals surface area contributed by atoms with Crippen LogP contribution in [0.4, 0.5) is 0 Å². The molecule has 1 rings (SSSR count). The zero-order chi connectivity index (χ0) is 10.6. The number of hydrogen-bond acceptors (Lipinski definition) is 3. The highest BCUT2D eigenvalue weighted by molar-refractivity contribution is 7.79. The van der Waals surface area contributed by atoms with Crippen molar-refractivity contribution in [1.82, 2.24) is 0 Å². The van der Waals surface area contributed by atoms with Gasteiger partial charge in [0.05, 0.1) is 0 Å². The molecular weight excluding hydrogens is 200 g/mol. The van der Waals surface area contributed by atoms with Crippen molar-refractivity contribution in [3.05, 3.63) is 29.8 Å². The van der Waals surface area contributed by atoms with Crippen LogP contribution in [0.3, 0.4) is 0 Å². The highest BCUT2D eigenvalue weighted by Crippen LogP contribution is 2.16. The Morgan fingerprint density at radius 2 is 2.36 bits per heavy atom. The quantitative estimate of drug-likeness (QED) is 0.750. The first-order valence-electron chi connectivity index (χ1n) is 4.22. The highest BCUT2D eigenvalue weighted by Gasteiger charge is 2.11. The lowest BCUT2D eigenvalue weighted by atomic mass is 10.2. The fourth-order valence-electron chi connectivity index (χ4n) is 0.972. The number of carboxylic acids is 1. The number of carboxylic acid groups (broad SMARTS) is 1. The molecule has 14 heavy (non-hydrogen) atoms. The van der Waals surface area contributed by atoms with Crippen LogP contribution in [0.1, 0.15) is 12.5 Å². The summed E-state index contributed by atoms with van der Waals surface area (Å²) < 4.78 is 5.18. The SMILES string of the molecule is CC(Oc1cccc(CS)c1)C(=O)O. The third-order valence-corrected chi connectivity index (χ3v) is 2.11. The molecule has 0 aromatic heterocycles. The summed E-state index contributed by atoms with van der Waals surface area (Å²) in [6.07, 6.45) is -0.829. The Bertz CT molecular complexity index is 325. The summed E-state index contributed by atoms with van der Waals surface area (Å²) in [4.78, 5) is 10.5. The van der Waals surface area contributed by atoms with Gasteiger partial charge in [0.15, 0.2) is 6.10 Å². The predicted molar refractivity (Wildman–Crippen MR) is 56.9 cm³/mol. The van der Waals surface area contributed by atoms with Gasteiger partial charge in [-0.2, -0.15) is 12.6 Å². The minimum Gasteiger partial charge on any atom is -0.479 e. The molecule has 0 amide bonds. The first kappa shape index (κ1) is 10.9. The Morgan fingerprint density at radius 1 is 1.64 bits per heavy atom. The third kappa shape index (κ3) is 2.96. The van der Waals surface area contributed by atoms with Crippen molar-refractivity contribution in [1.29, 1.82) is 0 Å².